The number of ether oxygens (including phenoxy) is 1. The fraction of sp³-hybridized carbons (Fsp3) is 0.533. The van der Waals surface area contributed by atoms with Gasteiger partial charge in [-0.05, 0) is 31.4 Å². The summed E-state index contributed by atoms with van der Waals surface area (Å²) in [4.78, 5) is 22.1. The first-order valence-electron chi connectivity index (χ1n) is 7.47. The first kappa shape index (κ1) is 16.2. The van der Waals surface area contributed by atoms with E-state index in [1.807, 2.05) is 0 Å². The second-order valence-electron chi connectivity index (χ2n) is 5.50. The molecule has 2 unspecified atom stereocenters. The monoisotopic (exact) mass is 307 g/mol. The summed E-state index contributed by atoms with van der Waals surface area (Å²) >= 11 is 0. The number of amides is 1. The maximum absolute atomic E-state index is 12.0. The van der Waals surface area contributed by atoms with Crippen LogP contribution in [0.25, 0.3) is 0 Å². The van der Waals surface area contributed by atoms with E-state index in [9.17, 15) is 14.9 Å². The first-order chi connectivity index (χ1) is 10.6. The van der Waals surface area contributed by atoms with E-state index in [4.69, 9.17) is 10.5 Å². The molecule has 0 bridgehead atoms. The lowest BCUT2D eigenvalue weighted by molar-refractivity contribution is -0.384. The van der Waals surface area contributed by atoms with Crippen molar-refractivity contribution in [1.82, 2.24) is 5.32 Å². The molecule has 3 N–H and O–H groups in total. The largest absolute Gasteiger partial charge is 0.484 e. The molecule has 1 amide bonds. The summed E-state index contributed by atoms with van der Waals surface area (Å²) in [6.07, 6.45) is 4.21. The van der Waals surface area contributed by atoms with Crippen LogP contribution in [0.2, 0.25) is 0 Å². The van der Waals surface area contributed by atoms with Gasteiger partial charge in [0.2, 0.25) is 0 Å². The van der Waals surface area contributed by atoms with Gasteiger partial charge in [0.25, 0.3) is 11.6 Å². The summed E-state index contributed by atoms with van der Waals surface area (Å²) in [6.45, 7) is 0.408. The van der Waals surface area contributed by atoms with Gasteiger partial charge in [-0.15, -0.1) is 0 Å². The van der Waals surface area contributed by atoms with Gasteiger partial charge in [-0.25, -0.2) is 0 Å². The van der Waals surface area contributed by atoms with Crippen molar-refractivity contribution in [3.05, 3.63) is 34.4 Å². The maximum atomic E-state index is 12.0. The van der Waals surface area contributed by atoms with Crippen LogP contribution in [0.15, 0.2) is 24.3 Å². The number of benzene rings is 1. The fourth-order valence-corrected chi connectivity index (χ4v) is 2.76. The summed E-state index contributed by atoms with van der Waals surface area (Å²) in [5.74, 6) is 0.399. The van der Waals surface area contributed by atoms with Crippen LogP contribution in [0.5, 0.6) is 5.75 Å². The Balaban J connectivity index is 1.84. The molecule has 0 radical (unpaired) electrons. The van der Waals surface area contributed by atoms with Crippen molar-refractivity contribution in [3.8, 4) is 5.75 Å². The van der Waals surface area contributed by atoms with E-state index in [0.29, 0.717) is 18.2 Å². The molecule has 2 rings (SSSR count). The van der Waals surface area contributed by atoms with Crippen LogP contribution >= 0.6 is 0 Å². The molecule has 0 aliphatic heterocycles. The number of hydrogen-bond donors (Lipinski definition) is 2. The van der Waals surface area contributed by atoms with E-state index in [1.165, 1.54) is 18.2 Å². The number of nitro benzene ring substituents is 1. The van der Waals surface area contributed by atoms with Crippen molar-refractivity contribution in [1.29, 1.82) is 0 Å². The first-order valence-corrected chi connectivity index (χ1v) is 7.47. The second kappa shape index (κ2) is 7.74. The van der Waals surface area contributed by atoms with Crippen LogP contribution in [0, 0.1) is 16.0 Å². The van der Waals surface area contributed by atoms with Crippen molar-refractivity contribution < 1.29 is 14.5 Å². The lowest BCUT2D eigenvalue weighted by Crippen LogP contribution is -2.46. The van der Waals surface area contributed by atoms with Gasteiger partial charge >= 0.3 is 0 Å². The zero-order chi connectivity index (χ0) is 15.9. The molecule has 22 heavy (non-hydrogen) atoms. The van der Waals surface area contributed by atoms with E-state index in [-0.39, 0.29) is 24.2 Å². The minimum absolute atomic E-state index is 0.0617. The predicted molar refractivity (Wildman–Crippen MR) is 81.5 cm³/mol. The Morgan fingerprint density at radius 3 is 2.91 bits per heavy atom. The van der Waals surface area contributed by atoms with E-state index in [2.05, 4.69) is 5.32 Å². The van der Waals surface area contributed by atoms with Crippen molar-refractivity contribution in [2.45, 2.75) is 31.7 Å². The van der Waals surface area contributed by atoms with Crippen LogP contribution < -0.4 is 15.8 Å². The minimum atomic E-state index is -0.499. The SMILES string of the molecule is NCC1CCCCC1NC(=O)COc1cccc([N+](=O)[O-])c1. The molecular weight excluding hydrogens is 286 g/mol. The number of nitrogens with zero attached hydrogens (tertiary/aromatic N) is 1. The Morgan fingerprint density at radius 2 is 2.18 bits per heavy atom. The zero-order valence-corrected chi connectivity index (χ0v) is 12.4. The number of non-ortho nitro benzene ring substituents is 1. The van der Waals surface area contributed by atoms with Gasteiger partial charge in [0, 0.05) is 12.1 Å². The van der Waals surface area contributed by atoms with Crippen LogP contribution in [-0.2, 0) is 4.79 Å². The average molecular weight is 307 g/mol. The Hall–Kier alpha value is -2.15. The Bertz CT molecular complexity index is 535. The normalized spacial score (nSPS) is 21.1. The number of carbonyl (C=O) groups excluding carboxylic acids is 1. The van der Waals surface area contributed by atoms with Crippen molar-refractivity contribution in [2.24, 2.45) is 11.7 Å². The lowest BCUT2D eigenvalue weighted by Gasteiger charge is -2.31. The zero-order valence-electron chi connectivity index (χ0n) is 12.4. The molecule has 0 saturated heterocycles. The van der Waals surface area contributed by atoms with Crippen LogP contribution in [0.1, 0.15) is 25.7 Å². The molecule has 0 aromatic heterocycles. The molecule has 1 aliphatic rings. The van der Waals surface area contributed by atoms with E-state index < -0.39 is 4.92 Å². The van der Waals surface area contributed by atoms with Gasteiger partial charge in [0.05, 0.1) is 11.0 Å². The van der Waals surface area contributed by atoms with Gasteiger partial charge < -0.3 is 15.8 Å². The van der Waals surface area contributed by atoms with E-state index in [1.54, 1.807) is 6.07 Å². The fourth-order valence-electron chi connectivity index (χ4n) is 2.76. The molecule has 120 valence electrons. The number of carbonyl (C=O) groups is 1. The van der Waals surface area contributed by atoms with Crippen LogP contribution in [-0.4, -0.2) is 30.0 Å². The van der Waals surface area contributed by atoms with Crippen molar-refractivity contribution >= 4 is 11.6 Å². The molecule has 0 heterocycles. The summed E-state index contributed by atoms with van der Waals surface area (Å²) in [5, 5.41) is 13.6. The summed E-state index contributed by atoms with van der Waals surface area (Å²) in [6, 6.07) is 5.89. The molecule has 1 aliphatic carbocycles. The van der Waals surface area contributed by atoms with E-state index in [0.717, 1.165) is 25.7 Å². The smallest absolute Gasteiger partial charge is 0.273 e. The minimum Gasteiger partial charge on any atom is -0.484 e. The van der Waals surface area contributed by atoms with Gasteiger partial charge in [-0.2, -0.15) is 0 Å². The third-order valence-electron chi connectivity index (χ3n) is 3.96. The summed E-state index contributed by atoms with van der Waals surface area (Å²) in [5.41, 5.74) is 5.67. The topological polar surface area (TPSA) is 107 Å². The lowest BCUT2D eigenvalue weighted by atomic mass is 9.84. The Labute approximate surface area is 129 Å². The summed E-state index contributed by atoms with van der Waals surface area (Å²) in [7, 11) is 0. The highest BCUT2D eigenvalue weighted by Crippen LogP contribution is 2.23. The number of nitrogens with one attached hydrogen (secondary N) is 1. The van der Waals surface area contributed by atoms with Crippen LogP contribution in [0.4, 0.5) is 5.69 Å². The molecule has 1 aromatic rings. The molecule has 2 atom stereocenters. The molecule has 0 spiro atoms. The maximum Gasteiger partial charge on any atom is 0.273 e. The van der Waals surface area contributed by atoms with Crippen LogP contribution in [0.3, 0.4) is 0 Å². The van der Waals surface area contributed by atoms with Crippen molar-refractivity contribution in [3.63, 3.8) is 0 Å². The van der Waals surface area contributed by atoms with Crippen molar-refractivity contribution in [2.75, 3.05) is 13.2 Å². The molecular formula is C15H21N3O4. The predicted octanol–water partition coefficient (Wildman–Crippen LogP) is 1.61. The third-order valence-corrected chi connectivity index (χ3v) is 3.96. The highest BCUT2D eigenvalue weighted by Gasteiger charge is 2.25. The number of nitrogens with two attached hydrogens (primary N) is 1. The molecule has 1 fully saturated rings. The Morgan fingerprint density at radius 1 is 1.41 bits per heavy atom. The van der Waals surface area contributed by atoms with Gasteiger partial charge in [-0.1, -0.05) is 18.9 Å². The van der Waals surface area contributed by atoms with E-state index >= 15 is 0 Å². The van der Waals surface area contributed by atoms with Gasteiger partial charge in [-0.3, -0.25) is 14.9 Å². The third kappa shape index (κ3) is 4.42. The standard InChI is InChI=1S/C15H21N3O4/c16-9-11-4-1-2-7-14(11)17-15(19)10-22-13-6-3-5-12(8-13)18(20)21/h3,5-6,8,11,14H,1-2,4,7,9-10,16H2,(H,17,19). The molecule has 7 nitrogen and oxygen atoms in total. The molecule has 1 saturated carbocycles. The number of hydrogen-bond acceptors (Lipinski definition) is 5. The Kier molecular flexibility index (Phi) is 5.71. The quantitative estimate of drug-likeness (QED) is 0.613. The average Bonchev–Trinajstić information content (AvgIpc) is 2.53. The number of nitro groups is 1. The second-order valence-corrected chi connectivity index (χ2v) is 5.50. The summed E-state index contributed by atoms with van der Waals surface area (Å²) < 4.78 is 5.32. The van der Waals surface area contributed by atoms with Gasteiger partial charge in [0.1, 0.15) is 5.75 Å². The molecule has 1 aromatic carbocycles. The molecule has 7 heteroatoms. The highest BCUT2D eigenvalue weighted by atomic mass is 16.6. The highest BCUT2D eigenvalue weighted by molar-refractivity contribution is 5.77. The number of rotatable bonds is 6. The van der Waals surface area contributed by atoms with Gasteiger partial charge in [0.15, 0.2) is 6.61 Å².